The molecule has 4 nitrogen and oxygen atoms in total. The molecule has 2 amide bonds. The van der Waals surface area contributed by atoms with Crippen LogP contribution in [-0.4, -0.2) is 25.3 Å². The summed E-state index contributed by atoms with van der Waals surface area (Å²) in [5.41, 5.74) is 0.692. The summed E-state index contributed by atoms with van der Waals surface area (Å²) in [5, 5.41) is 6.19. The van der Waals surface area contributed by atoms with Crippen molar-refractivity contribution in [1.82, 2.24) is 5.32 Å². The number of rotatable bonds is 2. The van der Waals surface area contributed by atoms with Crippen molar-refractivity contribution in [2.75, 3.05) is 18.5 Å². The maximum absolute atomic E-state index is 11.6. The first-order valence-corrected chi connectivity index (χ1v) is 6.42. The van der Waals surface area contributed by atoms with E-state index in [1.807, 2.05) is 0 Å². The van der Waals surface area contributed by atoms with E-state index >= 15 is 0 Å². The molecule has 17 heavy (non-hydrogen) atoms. The largest absolute Gasteiger partial charge is 0.379 e. The van der Waals surface area contributed by atoms with Crippen molar-refractivity contribution in [3.8, 4) is 0 Å². The molecule has 1 aromatic carbocycles. The molecule has 1 atom stereocenters. The van der Waals surface area contributed by atoms with Gasteiger partial charge in [-0.15, -0.1) is 0 Å². The van der Waals surface area contributed by atoms with Crippen LogP contribution in [0.4, 0.5) is 10.5 Å². The lowest BCUT2D eigenvalue weighted by molar-refractivity contribution is 0.189. The number of anilines is 1. The number of amides is 2. The number of benzene rings is 1. The Labute approximate surface area is 113 Å². The Bertz CT molecular complexity index is 422. The summed E-state index contributed by atoms with van der Waals surface area (Å²) in [6.45, 7) is 1.29. The average Bonchev–Trinajstić information content (AvgIpc) is 2.76. The van der Waals surface area contributed by atoms with Gasteiger partial charge in [0.2, 0.25) is 0 Å². The molecule has 2 rings (SSSR count). The van der Waals surface area contributed by atoms with Crippen molar-refractivity contribution in [3.05, 3.63) is 27.7 Å². The van der Waals surface area contributed by atoms with Crippen LogP contribution in [-0.2, 0) is 4.74 Å². The van der Waals surface area contributed by atoms with E-state index in [1.54, 1.807) is 18.2 Å². The zero-order valence-corrected chi connectivity index (χ0v) is 11.3. The molecule has 1 heterocycles. The van der Waals surface area contributed by atoms with Crippen molar-refractivity contribution in [1.29, 1.82) is 0 Å². The summed E-state index contributed by atoms with van der Waals surface area (Å²) in [7, 11) is 0. The zero-order valence-electron chi connectivity index (χ0n) is 9.00. The Hall–Kier alpha value is -0.780. The second-order valence-electron chi connectivity index (χ2n) is 3.79. The fraction of sp³-hybridized carbons (Fsp3) is 0.364. The van der Waals surface area contributed by atoms with E-state index in [9.17, 15) is 4.79 Å². The van der Waals surface area contributed by atoms with Crippen LogP contribution >= 0.6 is 27.5 Å². The Morgan fingerprint density at radius 2 is 2.35 bits per heavy atom. The maximum Gasteiger partial charge on any atom is 0.319 e. The average molecular weight is 320 g/mol. The maximum atomic E-state index is 11.6. The molecule has 2 N–H and O–H groups in total. The number of hydrogen-bond donors (Lipinski definition) is 2. The zero-order chi connectivity index (χ0) is 12.3. The molecule has 0 radical (unpaired) electrons. The third kappa shape index (κ3) is 3.59. The van der Waals surface area contributed by atoms with Gasteiger partial charge in [-0.05, 0) is 40.5 Å². The molecule has 92 valence electrons. The van der Waals surface area contributed by atoms with Crippen molar-refractivity contribution in [2.45, 2.75) is 12.5 Å². The van der Waals surface area contributed by atoms with Crippen LogP contribution in [0.25, 0.3) is 0 Å². The number of urea groups is 1. The fourth-order valence-electron chi connectivity index (χ4n) is 1.57. The Kier molecular flexibility index (Phi) is 4.25. The highest BCUT2D eigenvalue weighted by atomic mass is 79.9. The van der Waals surface area contributed by atoms with Gasteiger partial charge < -0.3 is 15.4 Å². The van der Waals surface area contributed by atoms with E-state index in [0.29, 0.717) is 23.9 Å². The molecule has 0 spiro atoms. The normalized spacial score (nSPS) is 19.1. The molecule has 6 heteroatoms. The summed E-state index contributed by atoms with van der Waals surface area (Å²) in [6.07, 6.45) is 0.859. The number of halogens is 2. The Balaban J connectivity index is 1.90. The predicted molar refractivity (Wildman–Crippen MR) is 70.5 cm³/mol. The van der Waals surface area contributed by atoms with Crippen LogP contribution in [0.5, 0.6) is 0 Å². The van der Waals surface area contributed by atoms with E-state index < -0.39 is 0 Å². The van der Waals surface area contributed by atoms with Crippen LogP contribution in [0.15, 0.2) is 22.7 Å². The molecule has 0 bridgehead atoms. The van der Waals surface area contributed by atoms with Gasteiger partial charge in [-0.3, -0.25) is 0 Å². The van der Waals surface area contributed by atoms with Crippen LogP contribution in [0.1, 0.15) is 6.42 Å². The molecule has 1 aliphatic rings. The lowest BCUT2D eigenvalue weighted by Crippen LogP contribution is -2.38. The van der Waals surface area contributed by atoms with Crippen LogP contribution < -0.4 is 10.6 Å². The summed E-state index contributed by atoms with van der Waals surface area (Å²) < 4.78 is 5.93. The van der Waals surface area contributed by atoms with E-state index in [1.165, 1.54) is 0 Å². The molecule has 0 saturated carbocycles. The highest BCUT2D eigenvalue weighted by Gasteiger charge is 2.17. The second kappa shape index (κ2) is 5.71. The molecule has 1 aromatic rings. The van der Waals surface area contributed by atoms with Crippen molar-refractivity contribution in [2.24, 2.45) is 0 Å². The smallest absolute Gasteiger partial charge is 0.319 e. The molecule has 1 saturated heterocycles. The second-order valence-corrected chi connectivity index (χ2v) is 5.05. The van der Waals surface area contributed by atoms with Gasteiger partial charge in [0.05, 0.1) is 17.7 Å². The summed E-state index contributed by atoms with van der Waals surface area (Å²) in [4.78, 5) is 11.6. The van der Waals surface area contributed by atoms with Crippen LogP contribution in [0, 0.1) is 0 Å². The highest BCUT2D eigenvalue weighted by Crippen LogP contribution is 2.25. The van der Waals surface area contributed by atoms with E-state index in [2.05, 4.69) is 26.6 Å². The van der Waals surface area contributed by atoms with Gasteiger partial charge in [0.1, 0.15) is 0 Å². The highest BCUT2D eigenvalue weighted by molar-refractivity contribution is 9.10. The number of carbonyl (C=O) groups excluding carboxylic acids is 1. The fourth-order valence-corrected chi connectivity index (χ4v) is 2.07. The Morgan fingerprint density at radius 1 is 1.53 bits per heavy atom. The minimum atomic E-state index is -0.227. The quantitative estimate of drug-likeness (QED) is 0.880. The summed E-state index contributed by atoms with van der Waals surface area (Å²) in [6, 6.07) is 5.10. The third-order valence-electron chi connectivity index (χ3n) is 2.44. The van der Waals surface area contributed by atoms with E-state index in [-0.39, 0.29) is 12.1 Å². The molecule has 1 fully saturated rings. The molecule has 1 unspecified atom stereocenters. The van der Waals surface area contributed by atoms with E-state index in [0.717, 1.165) is 10.9 Å². The van der Waals surface area contributed by atoms with E-state index in [4.69, 9.17) is 16.3 Å². The van der Waals surface area contributed by atoms with Crippen LogP contribution in [0.3, 0.4) is 0 Å². The standard InChI is InChI=1S/C11H12BrClN2O2/c12-9-5-7(1-2-10(9)13)14-11(16)15-8-3-4-17-6-8/h1-2,5,8H,3-4,6H2,(H2,14,15,16). The number of ether oxygens (including phenoxy) is 1. The summed E-state index contributed by atoms with van der Waals surface area (Å²) in [5.74, 6) is 0. The molecule has 0 aliphatic carbocycles. The number of hydrogen-bond acceptors (Lipinski definition) is 2. The van der Waals surface area contributed by atoms with Gasteiger partial charge in [-0.1, -0.05) is 11.6 Å². The SMILES string of the molecule is O=C(Nc1ccc(Cl)c(Br)c1)NC1CCOC1. The van der Waals surface area contributed by atoms with Gasteiger partial charge in [-0.25, -0.2) is 4.79 Å². The minimum Gasteiger partial charge on any atom is -0.379 e. The summed E-state index contributed by atoms with van der Waals surface area (Å²) >= 11 is 9.16. The third-order valence-corrected chi connectivity index (χ3v) is 3.66. The molecular formula is C11H12BrClN2O2. The monoisotopic (exact) mass is 318 g/mol. The number of nitrogens with one attached hydrogen (secondary N) is 2. The van der Waals surface area contributed by atoms with Crippen LogP contribution in [0.2, 0.25) is 5.02 Å². The van der Waals surface area contributed by atoms with Gasteiger partial charge >= 0.3 is 6.03 Å². The van der Waals surface area contributed by atoms with Gasteiger partial charge in [-0.2, -0.15) is 0 Å². The number of carbonyl (C=O) groups is 1. The first kappa shape index (κ1) is 12.7. The van der Waals surface area contributed by atoms with Gasteiger partial charge in [0.25, 0.3) is 0 Å². The first-order valence-electron chi connectivity index (χ1n) is 5.25. The van der Waals surface area contributed by atoms with Gasteiger partial charge in [0, 0.05) is 16.8 Å². The molecule has 0 aromatic heterocycles. The lowest BCUT2D eigenvalue weighted by Gasteiger charge is -2.12. The van der Waals surface area contributed by atoms with Crippen molar-refractivity contribution < 1.29 is 9.53 Å². The minimum absolute atomic E-state index is 0.103. The van der Waals surface area contributed by atoms with Gasteiger partial charge in [0.15, 0.2) is 0 Å². The molecule has 1 aliphatic heterocycles. The predicted octanol–water partition coefficient (Wildman–Crippen LogP) is 3.01. The lowest BCUT2D eigenvalue weighted by atomic mass is 10.3. The van der Waals surface area contributed by atoms with Crippen molar-refractivity contribution >= 4 is 39.2 Å². The van der Waals surface area contributed by atoms with Crippen molar-refractivity contribution in [3.63, 3.8) is 0 Å². The molecular weight excluding hydrogens is 307 g/mol. The Morgan fingerprint density at radius 3 is 3.00 bits per heavy atom. The topological polar surface area (TPSA) is 50.4 Å². The first-order chi connectivity index (χ1) is 8.15.